The Bertz CT molecular complexity index is 1230. The van der Waals surface area contributed by atoms with Gasteiger partial charge in [0.25, 0.3) is 0 Å². The van der Waals surface area contributed by atoms with Gasteiger partial charge in [-0.15, -0.1) is 0 Å². The standard InChI is InChI=1S/C29H34N4O3/c1-34-25-10-8-19(14-26(25)35-2)9-11-27-31-23(17-30)29(36-27)33-13-5-6-20-15-21-16-22(28(20)33)18-32-12-4-3-7-24(21)32/h8-11,14-15,21-22,24,28H,3-7,12-13,16,18H2,1-2H3. The number of benzene rings is 1. The summed E-state index contributed by atoms with van der Waals surface area (Å²) in [6.45, 7) is 3.28. The molecular formula is C29H34N4O3. The third kappa shape index (κ3) is 4.08. The Morgan fingerprint density at radius 3 is 2.83 bits per heavy atom. The van der Waals surface area contributed by atoms with Gasteiger partial charge in [-0.3, -0.25) is 4.90 Å². The van der Waals surface area contributed by atoms with Crippen LogP contribution in [0.1, 0.15) is 55.7 Å². The Morgan fingerprint density at radius 1 is 1.11 bits per heavy atom. The summed E-state index contributed by atoms with van der Waals surface area (Å²) in [7, 11) is 3.24. The molecule has 1 aliphatic carbocycles. The lowest BCUT2D eigenvalue weighted by atomic mass is 9.68. The molecular weight excluding hydrogens is 452 g/mol. The summed E-state index contributed by atoms with van der Waals surface area (Å²) in [6.07, 6.45) is 13.8. The number of oxazole rings is 1. The highest BCUT2D eigenvalue weighted by Crippen LogP contribution is 2.46. The van der Waals surface area contributed by atoms with Gasteiger partial charge in [0.1, 0.15) is 6.07 Å². The van der Waals surface area contributed by atoms with E-state index in [1.165, 1.54) is 32.2 Å². The fraction of sp³-hybridized carbons (Fsp3) is 0.517. The first-order chi connectivity index (χ1) is 17.7. The lowest BCUT2D eigenvalue weighted by Crippen LogP contribution is -2.59. The van der Waals surface area contributed by atoms with E-state index in [4.69, 9.17) is 13.9 Å². The summed E-state index contributed by atoms with van der Waals surface area (Å²) in [6, 6.07) is 9.05. The van der Waals surface area contributed by atoms with Crippen LogP contribution in [0.3, 0.4) is 0 Å². The van der Waals surface area contributed by atoms with Gasteiger partial charge in [0, 0.05) is 25.2 Å². The second-order valence-corrected chi connectivity index (χ2v) is 10.5. The number of nitriles is 1. The van der Waals surface area contributed by atoms with Crippen LogP contribution in [0.4, 0.5) is 5.88 Å². The molecule has 4 unspecified atom stereocenters. The molecule has 1 aromatic heterocycles. The van der Waals surface area contributed by atoms with Crippen molar-refractivity contribution in [2.75, 3.05) is 38.8 Å². The highest BCUT2D eigenvalue weighted by molar-refractivity contribution is 5.69. The van der Waals surface area contributed by atoms with Crippen LogP contribution in [-0.4, -0.2) is 55.8 Å². The average Bonchev–Trinajstić information content (AvgIpc) is 3.34. The summed E-state index contributed by atoms with van der Waals surface area (Å²) in [5.74, 6) is 3.67. The Balaban J connectivity index is 1.28. The SMILES string of the molecule is COc1ccc(C=Cc2nc(C#N)c(N3CCCC4=CC5CC(CN6CCCCC56)C43)o2)cc1OC. The molecule has 2 aromatic rings. The number of nitrogens with zero attached hydrogens (tertiary/aromatic N) is 4. The first kappa shape index (κ1) is 23.2. The van der Waals surface area contributed by atoms with E-state index in [2.05, 4.69) is 26.9 Å². The smallest absolute Gasteiger partial charge is 0.235 e. The van der Waals surface area contributed by atoms with Gasteiger partial charge in [0.05, 0.1) is 20.3 Å². The second-order valence-electron chi connectivity index (χ2n) is 10.5. The van der Waals surface area contributed by atoms with Gasteiger partial charge in [0.15, 0.2) is 11.5 Å². The van der Waals surface area contributed by atoms with E-state index in [1.54, 1.807) is 19.8 Å². The van der Waals surface area contributed by atoms with Crippen molar-refractivity contribution in [3.05, 3.63) is 47.0 Å². The topological polar surface area (TPSA) is 74.8 Å². The van der Waals surface area contributed by atoms with Gasteiger partial charge in [-0.25, -0.2) is 0 Å². The van der Waals surface area contributed by atoms with E-state index >= 15 is 0 Å². The highest BCUT2D eigenvalue weighted by Gasteiger charge is 2.47. The monoisotopic (exact) mass is 486 g/mol. The number of hydrogen-bond acceptors (Lipinski definition) is 7. The maximum Gasteiger partial charge on any atom is 0.235 e. The minimum absolute atomic E-state index is 0.306. The van der Waals surface area contributed by atoms with Crippen LogP contribution < -0.4 is 14.4 Å². The molecule has 4 aliphatic rings. The van der Waals surface area contributed by atoms with Crippen molar-refractivity contribution < 1.29 is 13.9 Å². The number of methoxy groups -OCH3 is 2. The number of ether oxygens (including phenoxy) is 2. The molecule has 2 bridgehead atoms. The van der Waals surface area contributed by atoms with Crippen molar-refractivity contribution in [1.29, 1.82) is 5.26 Å². The highest BCUT2D eigenvalue weighted by atomic mass is 16.5. The fourth-order valence-electron chi connectivity index (χ4n) is 6.99. The van der Waals surface area contributed by atoms with Gasteiger partial charge < -0.3 is 18.8 Å². The Hall–Kier alpha value is -3.24. The minimum Gasteiger partial charge on any atom is -0.493 e. The van der Waals surface area contributed by atoms with Crippen molar-refractivity contribution in [3.8, 4) is 17.6 Å². The second kappa shape index (κ2) is 9.67. The zero-order valence-electron chi connectivity index (χ0n) is 21.2. The molecule has 4 atom stereocenters. The van der Waals surface area contributed by atoms with Gasteiger partial charge in [0.2, 0.25) is 17.5 Å². The van der Waals surface area contributed by atoms with Gasteiger partial charge in [-0.1, -0.05) is 24.1 Å². The number of hydrogen-bond donors (Lipinski definition) is 0. The molecule has 0 spiro atoms. The number of rotatable bonds is 5. The maximum atomic E-state index is 9.92. The molecule has 3 saturated heterocycles. The van der Waals surface area contributed by atoms with Crippen LogP contribution in [0, 0.1) is 23.2 Å². The molecule has 6 rings (SSSR count). The van der Waals surface area contributed by atoms with Crippen LogP contribution in [0.15, 0.2) is 34.3 Å². The predicted octanol–water partition coefficient (Wildman–Crippen LogP) is 5.13. The molecule has 3 fully saturated rings. The normalized spacial score (nSPS) is 27.7. The Labute approximate surface area is 213 Å². The van der Waals surface area contributed by atoms with Gasteiger partial charge in [-0.05, 0) is 74.3 Å². The van der Waals surface area contributed by atoms with Crippen LogP contribution in [0.2, 0.25) is 0 Å². The van der Waals surface area contributed by atoms with Crippen molar-refractivity contribution in [3.63, 3.8) is 0 Å². The van der Waals surface area contributed by atoms with Crippen LogP contribution in [0.25, 0.3) is 12.2 Å². The van der Waals surface area contributed by atoms with Crippen LogP contribution in [-0.2, 0) is 0 Å². The van der Waals surface area contributed by atoms with Crippen molar-refractivity contribution in [2.24, 2.45) is 11.8 Å². The number of fused-ring (bicyclic) bond motifs is 6. The van der Waals surface area contributed by atoms with Crippen molar-refractivity contribution in [2.45, 2.75) is 50.6 Å². The zero-order valence-corrected chi connectivity index (χ0v) is 21.2. The third-order valence-electron chi connectivity index (χ3n) is 8.48. The molecule has 0 amide bonds. The van der Waals surface area contributed by atoms with E-state index < -0.39 is 0 Å². The summed E-state index contributed by atoms with van der Waals surface area (Å²) in [4.78, 5) is 9.62. The zero-order chi connectivity index (χ0) is 24.6. The lowest BCUT2D eigenvalue weighted by Gasteiger charge is -2.54. The van der Waals surface area contributed by atoms with Gasteiger partial charge in [-0.2, -0.15) is 10.2 Å². The molecule has 7 heteroatoms. The summed E-state index contributed by atoms with van der Waals surface area (Å²) < 4.78 is 17.0. The predicted molar refractivity (Wildman–Crippen MR) is 139 cm³/mol. The van der Waals surface area contributed by atoms with E-state index in [0.717, 1.165) is 37.5 Å². The van der Waals surface area contributed by atoms with Gasteiger partial charge >= 0.3 is 0 Å². The molecule has 3 aliphatic heterocycles. The number of aromatic nitrogens is 1. The average molecular weight is 487 g/mol. The molecule has 7 nitrogen and oxygen atoms in total. The number of piperidine rings is 3. The first-order valence-electron chi connectivity index (χ1n) is 13.2. The molecule has 1 aromatic carbocycles. The first-order valence-corrected chi connectivity index (χ1v) is 13.2. The summed E-state index contributed by atoms with van der Waals surface area (Å²) in [5.41, 5.74) is 2.86. The van der Waals surface area contributed by atoms with E-state index in [0.29, 0.717) is 46.8 Å². The van der Waals surface area contributed by atoms with Crippen LogP contribution in [0.5, 0.6) is 11.5 Å². The van der Waals surface area contributed by atoms with Crippen molar-refractivity contribution in [1.82, 2.24) is 9.88 Å². The molecule has 0 N–H and O–H groups in total. The molecule has 0 radical (unpaired) electrons. The van der Waals surface area contributed by atoms with E-state index in [-0.39, 0.29) is 0 Å². The molecule has 36 heavy (non-hydrogen) atoms. The molecule has 4 heterocycles. The number of anilines is 1. The molecule has 188 valence electrons. The Kier molecular flexibility index (Phi) is 6.22. The van der Waals surface area contributed by atoms with E-state index in [9.17, 15) is 5.26 Å². The van der Waals surface area contributed by atoms with E-state index in [1.807, 2.05) is 30.4 Å². The lowest BCUT2D eigenvalue weighted by molar-refractivity contribution is 0.0305. The van der Waals surface area contributed by atoms with Crippen molar-refractivity contribution >= 4 is 18.0 Å². The maximum absolute atomic E-state index is 9.92. The van der Waals surface area contributed by atoms with Crippen LogP contribution >= 0.6 is 0 Å². The third-order valence-corrected chi connectivity index (χ3v) is 8.48. The largest absolute Gasteiger partial charge is 0.493 e. The quantitative estimate of drug-likeness (QED) is 0.542. The minimum atomic E-state index is 0.306. The molecule has 0 saturated carbocycles. The summed E-state index contributed by atoms with van der Waals surface area (Å²) in [5, 5.41) is 9.92. The Morgan fingerprint density at radius 2 is 2.00 bits per heavy atom. The summed E-state index contributed by atoms with van der Waals surface area (Å²) >= 11 is 0. The fourth-order valence-corrected chi connectivity index (χ4v) is 6.99.